The van der Waals surface area contributed by atoms with E-state index in [2.05, 4.69) is 68.5 Å². The van der Waals surface area contributed by atoms with E-state index in [1.54, 1.807) is 74.8 Å². The number of unbranched alkanes of at least 4 members (excludes halogenated alkanes) is 2. The molecule has 0 spiro atoms. The second-order valence-corrected chi connectivity index (χ2v) is 35.0. The lowest BCUT2D eigenvalue weighted by molar-refractivity contribution is -0.149. The molecule has 3 aliphatic heterocycles. The Kier molecular flexibility index (Phi) is 39.9. The second kappa shape index (κ2) is 50.5. The number of aliphatic hydroxyl groups excluding tert-OH is 2. The summed E-state index contributed by atoms with van der Waals surface area (Å²) >= 11 is 0.762. The standard InChI is InChI=1S/C89H128N22O20S/c1-9-11-25-68-81(124)99-59(24-17-34-94-89(92)93)77(120)106-67(76(119)97-45-73(91)116)47-132-48-74(117)98-63(39-51-29-31-54(114)32-30-51)84(127)107(6)50(5)75(118)102-65(42-72(90)115)87(130)111-36-18-27-69(111)82(125)100-60(33-37-112)78(121)103-62(38-49(3)4)86(129)110-35-19-28-70(110)83(126)101-61(40-52-43-95-57-22-15-13-20-55(52)57)79(122)105-66(46-113)80(123)104-64(41-53-44-96-58-23-16-14-21-56(53)58)85(128)109(8)71(26-12-10-2)88(131)108(68)7/h13-16,20-23,29-32,43-44,49-50,59-71,95-96,112-114H,9-12,17-19,24-28,33-42,45-48H2,1-8H3,(H2,90,115)(H2,91,116)(H,97,119)(H,98,117)(H,99,124)(H,100,125)(H,101,126)(H,102,118)(H,103,121)(H,104,123)(H,105,122)(H,106,120)(H4,92,93,94)/t50-,59-,60-,61-,62-,63-,64-,65+,66-,67-,68-,69-,70-,71-/m0/s1. The molecule has 132 heavy (non-hydrogen) atoms. The molecule has 3 fully saturated rings. The van der Waals surface area contributed by atoms with E-state index < -0.39 is 235 Å². The van der Waals surface area contributed by atoms with Crippen LogP contribution in [-0.2, 0) is 101 Å². The van der Waals surface area contributed by atoms with Crippen molar-refractivity contribution in [2.24, 2.45) is 23.1 Å². The number of aromatic amines is 2. The largest absolute Gasteiger partial charge is 0.508 e. The van der Waals surface area contributed by atoms with Crippen molar-refractivity contribution >= 4 is 140 Å². The smallest absolute Gasteiger partial charge is 0.246 e. The Morgan fingerprint density at radius 3 is 1.55 bits per heavy atom. The summed E-state index contributed by atoms with van der Waals surface area (Å²) in [7, 11) is 3.92. The zero-order valence-electron chi connectivity index (χ0n) is 75.8. The van der Waals surface area contributed by atoms with Gasteiger partial charge in [0.2, 0.25) is 100 Å². The van der Waals surface area contributed by atoms with Gasteiger partial charge >= 0.3 is 0 Å². The van der Waals surface area contributed by atoms with E-state index >= 15 is 33.6 Å². The van der Waals surface area contributed by atoms with Gasteiger partial charge in [-0.25, -0.2) is 0 Å². The number of rotatable bonds is 26. The highest BCUT2D eigenvalue weighted by atomic mass is 32.2. The lowest BCUT2D eigenvalue weighted by Gasteiger charge is -2.36. The maximum absolute atomic E-state index is 15.7. The minimum atomic E-state index is -1.85. The maximum atomic E-state index is 15.7. The minimum absolute atomic E-state index is 0.0000843. The van der Waals surface area contributed by atoms with Crippen LogP contribution in [0.15, 0.2) is 85.2 Å². The van der Waals surface area contributed by atoms with Crippen molar-refractivity contribution in [1.82, 2.24) is 93.0 Å². The number of nitrogens with two attached hydrogens (primary N) is 3. The fourth-order valence-corrected chi connectivity index (χ4v) is 17.2. The average Bonchev–Trinajstić information content (AvgIpc) is 1.58. The van der Waals surface area contributed by atoms with Crippen LogP contribution in [0.3, 0.4) is 0 Å². The number of aromatic hydroxyl groups is 1. The number of fused-ring (bicyclic) bond motifs is 4. The van der Waals surface area contributed by atoms with Crippen molar-refractivity contribution < 1.29 is 96.8 Å². The summed E-state index contributed by atoms with van der Waals surface area (Å²) in [4.78, 5) is 261. The fraction of sp³-hybridized carbons (Fsp3) is 0.551. The number of H-pyrrole nitrogens is 2. The number of phenolic OH excluding ortho intramolecular Hbond substituents is 1. The number of para-hydroxylation sites is 2. The summed E-state index contributed by atoms with van der Waals surface area (Å²) in [6.07, 6.45) is 3.18. The van der Waals surface area contributed by atoms with Crippen LogP contribution < -0.4 is 75.7 Å². The number of hydrogen-bond acceptors (Lipinski definition) is 22. The van der Waals surface area contributed by atoms with Gasteiger partial charge in [0.15, 0.2) is 5.96 Å². The third kappa shape index (κ3) is 29.3. The van der Waals surface area contributed by atoms with Crippen molar-refractivity contribution in [3.8, 4) is 5.75 Å². The summed E-state index contributed by atoms with van der Waals surface area (Å²) in [5, 5.41) is 69.9. The highest BCUT2D eigenvalue weighted by Crippen LogP contribution is 2.28. The van der Waals surface area contributed by atoms with Crippen molar-refractivity contribution in [1.29, 1.82) is 5.41 Å². The molecule has 5 aromatic rings. The number of amides is 17. The minimum Gasteiger partial charge on any atom is -0.508 e. The molecule has 3 aliphatic rings. The average molecular weight is 1860 g/mol. The molecule has 5 heterocycles. The first-order valence-corrected chi connectivity index (χ1v) is 45.8. The number of likely N-dealkylation sites (N-methyl/N-ethyl adjacent to an activating group) is 3. The molecule has 0 radical (unpaired) electrons. The molecule has 43 heteroatoms. The molecule has 42 nitrogen and oxygen atoms in total. The summed E-state index contributed by atoms with van der Waals surface area (Å²) < 4.78 is 0. The molecule has 0 aliphatic carbocycles. The maximum Gasteiger partial charge on any atom is 0.246 e. The Morgan fingerprint density at radius 1 is 0.508 bits per heavy atom. The van der Waals surface area contributed by atoms with Gasteiger partial charge in [-0.15, -0.1) is 11.8 Å². The van der Waals surface area contributed by atoms with Crippen molar-refractivity contribution in [3.05, 3.63) is 102 Å². The van der Waals surface area contributed by atoms with E-state index in [-0.39, 0.29) is 108 Å². The molecule has 3 aromatic carbocycles. The Bertz CT molecular complexity index is 4930. The normalized spacial score (nSPS) is 24.5. The lowest BCUT2D eigenvalue weighted by atomic mass is 10.00. The number of guanidine groups is 1. The molecule has 8 rings (SSSR count). The Labute approximate surface area is 769 Å². The number of carbonyl (C=O) groups is 17. The van der Waals surface area contributed by atoms with Gasteiger partial charge < -0.3 is 125 Å². The molecule has 23 N–H and O–H groups in total. The van der Waals surface area contributed by atoms with Crippen LogP contribution in [0.5, 0.6) is 5.75 Å². The Hall–Kier alpha value is -12.9. The molecule has 0 saturated carbocycles. The first-order valence-electron chi connectivity index (χ1n) is 44.6. The van der Waals surface area contributed by atoms with E-state index in [0.29, 0.717) is 64.2 Å². The predicted octanol–water partition coefficient (Wildman–Crippen LogP) is -2.48. The third-order valence-corrected chi connectivity index (χ3v) is 24.8. The monoisotopic (exact) mass is 1860 g/mol. The van der Waals surface area contributed by atoms with Gasteiger partial charge in [0.1, 0.15) is 90.3 Å². The number of carbonyl (C=O) groups excluding carboxylic acids is 17. The number of nitrogens with one attached hydrogen (secondary N) is 14. The summed E-state index contributed by atoms with van der Waals surface area (Å²) in [5.41, 5.74) is 19.5. The number of primary amides is 2. The van der Waals surface area contributed by atoms with E-state index in [0.717, 1.165) is 31.4 Å². The van der Waals surface area contributed by atoms with Gasteiger partial charge in [-0.3, -0.25) is 86.9 Å². The van der Waals surface area contributed by atoms with Crippen LogP contribution in [0.2, 0.25) is 0 Å². The number of nitrogens with zero attached hydrogens (tertiary/aromatic N) is 5. The zero-order chi connectivity index (χ0) is 96.7. The second-order valence-electron chi connectivity index (χ2n) is 34.0. The first-order chi connectivity index (χ1) is 62.9. The molecular formula is C89H128N22O20S. The van der Waals surface area contributed by atoms with E-state index in [4.69, 9.17) is 22.6 Å². The summed E-state index contributed by atoms with van der Waals surface area (Å²) in [5.74, 6) is -17.6. The molecule has 3 saturated heterocycles. The van der Waals surface area contributed by atoms with E-state index in [9.17, 15) is 63.3 Å². The van der Waals surface area contributed by atoms with Crippen LogP contribution in [0.25, 0.3) is 21.8 Å². The topological polar surface area (TPSA) is 633 Å². The molecule has 17 amide bonds. The Balaban J connectivity index is 1.19. The number of hydrogen-bond donors (Lipinski definition) is 20. The third-order valence-electron chi connectivity index (χ3n) is 23.7. The molecular weight excluding hydrogens is 1730 g/mol. The van der Waals surface area contributed by atoms with Gasteiger partial charge in [0, 0.05) is 107 Å². The number of aromatic nitrogens is 2. The van der Waals surface area contributed by atoms with E-state index in [1.807, 2.05) is 13.8 Å². The number of phenols is 1. The molecule has 14 atom stereocenters. The van der Waals surface area contributed by atoms with Gasteiger partial charge in [-0.05, 0) is 118 Å². The van der Waals surface area contributed by atoms with Crippen LogP contribution in [-0.4, -0.2) is 313 Å². The summed E-state index contributed by atoms with van der Waals surface area (Å²) in [6.45, 7) is 5.87. The van der Waals surface area contributed by atoms with Crippen LogP contribution >= 0.6 is 11.8 Å². The van der Waals surface area contributed by atoms with Crippen LogP contribution in [0.1, 0.15) is 148 Å². The molecule has 0 unspecified atom stereocenters. The van der Waals surface area contributed by atoms with Crippen molar-refractivity contribution in [2.45, 2.75) is 235 Å². The number of thioether (sulfide) groups is 1. The van der Waals surface area contributed by atoms with E-state index in [1.165, 1.54) is 57.2 Å². The quantitative estimate of drug-likeness (QED) is 0.0155. The number of benzene rings is 3. The Morgan fingerprint density at radius 2 is 0.992 bits per heavy atom. The summed E-state index contributed by atoms with van der Waals surface area (Å²) in [6, 6.07) is -1.58. The first kappa shape index (κ1) is 104. The van der Waals surface area contributed by atoms with Gasteiger partial charge in [0.25, 0.3) is 0 Å². The lowest BCUT2D eigenvalue weighted by Crippen LogP contribution is -2.61. The highest BCUT2D eigenvalue weighted by molar-refractivity contribution is 8.00. The van der Waals surface area contributed by atoms with Crippen molar-refractivity contribution in [2.75, 3.05) is 72.0 Å². The SMILES string of the molecule is CCCC[C@H]1C(=O)N(C)[C@@H](CCCC)C(=O)N[C@@H](CCCNC(=N)N)C(=O)N[C@H](C(=O)NCC(N)=O)CSCC(=O)N[C@@H](Cc2ccc(O)cc2)C(=O)N(C)[C@@H](C)C(=O)N[C@H](CC(N)=O)C(=O)N2CCC[C@H]2C(=O)N[C@@H](CCO)C(=O)N[C@@H](CC(C)C)C(=O)N2CCC[C@H]2C(=O)N[C@@H](Cc2c[nH]c3ccccc23)C(=O)N[C@@H](CO)C(=O)N[C@@H](Cc2c[nH]c3ccccc23)C(=O)N1C. The van der Waals surface area contributed by atoms with Gasteiger partial charge in [-0.1, -0.05) is 102 Å². The number of aliphatic hydroxyl groups is 2. The zero-order valence-corrected chi connectivity index (χ0v) is 76.6. The van der Waals surface area contributed by atoms with Gasteiger partial charge in [0.05, 0.1) is 25.3 Å². The van der Waals surface area contributed by atoms with Crippen LogP contribution in [0, 0.1) is 11.3 Å². The van der Waals surface area contributed by atoms with Crippen LogP contribution in [0.4, 0.5) is 0 Å². The van der Waals surface area contributed by atoms with Gasteiger partial charge in [-0.2, -0.15) is 0 Å². The fourth-order valence-electron chi connectivity index (χ4n) is 16.4. The molecule has 720 valence electrons. The molecule has 2 aromatic heterocycles. The predicted molar refractivity (Wildman–Crippen MR) is 488 cm³/mol. The van der Waals surface area contributed by atoms with Crippen molar-refractivity contribution in [3.63, 3.8) is 0 Å². The highest BCUT2D eigenvalue weighted by Gasteiger charge is 2.46. The molecule has 0 bridgehead atoms.